The van der Waals surface area contributed by atoms with Crippen molar-refractivity contribution in [1.82, 2.24) is 9.80 Å². The Hall–Kier alpha value is -1.92. The zero-order valence-corrected chi connectivity index (χ0v) is 17.8. The number of hydrogen-bond acceptors (Lipinski definition) is 4. The summed E-state index contributed by atoms with van der Waals surface area (Å²) in [6, 6.07) is 5.64. The highest BCUT2D eigenvalue weighted by Gasteiger charge is 2.27. The molecule has 0 N–H and O–H groups in total. The number of unbranched alkanes of at least 4 members (excludes halogenated alkanes) is 2. The summed E-state index contributed by atoms with van der Waals surface area (Å²) in [5.41, 5.74) is 0. The number of carbonyl (C=O) groups is 1. The van der Waals surface area contributed by atoms with Crippen LogP contribution in [-0.2, 0) is 4.74 Å². The molecule has 6 heteroatoms. The van der Waals surface area contributed by atoms with Gasteiger partial charge >= 0.3 is 6.09 Å². The minimum absolute atomic E-state index is 0.156. The maximum Gasteiger partial charge on any atom is 0.415 e. The molecule has 1 aromatic carbocycles. The molecule has 29 heavy (non-hydrogen) atoms. The van der Waals surface area contributed by atoms with Crippen molar-refractivity contribution < 1.29 is 18.7 Å². The first-order valence-electron chi connectivity index (χ1n) is 10.6. The smallest absolute Gasteiger partial charge is 0.410 e. The predicted molar refractivity (Wildman–Crippen MR) is 114 cm³/mol. The van der Waals surface area contributed by atoms with E-state index in [0.717, 1.165) is 51.8 Å². The molecule has 1 aliphatic carbocycles. The summed E-state index contributed by atoms with van der Waals surface area (Å²) in [7, 11) is 3.88. The van der Waals surface area contributed by atoms with Gasteiger partial charge in [-0.1, -0.05) is 6.08 Å². The maximum absolute atomic E-state index is 13.0. The highest BCUT2D eigenvalue weighted by atomic mass is 19.1. The molecule has 0 aromatic heterocycles. The lowest BCUT2D eigenvalue weighted by Crippen LogP contribution is -2.42. The van der Waals surface area contributed by atoms with Gasteiger partial charge in [0.2, 0.25) is 0 Å². The highest BCUT2D eigenvalue weighted by Crippen LogP contribution is 2.25. The first-order chi connectivity index (χ1) is 14.0. The second-order valence-corrected chi connectivity index (χ2v) is 7.85. The van der Waals surface area contributed by atoms with Crippen molar-refractivity contribution in [3.05, 3.63) is 42.7 Å². The molecule has 0 saturated heterocycles. The third-order valence-electron chi connectivity index (χ3n) is 5.48. The molecule has 5 nitrogen and oxygen atoms in total. The summed E-state index contributed by atoms with van der Waals surface area (Å²) in [4.78, 5) is 16.2. The van der Waals surface area contributed by atoms with Crippen LogP contribution in [0.15, 0.2) is 36.9 Å². The number of hydrogen-bond donors (Lipinski definition) is 0. The SMILES string of the molecule is C=CCN(C)CCCCCOC1CCC(N(C)C(=O)Oc2ccc(F)cc2)CC1. The van der Waals surface area contributed by atoms with Crippen LogP contribution in [0.1, 0.15) is 44.9 Å². The van der Waals surface area contributed by atoms with Gasteiger partial charge < -0.3 is 19.3 Å². The Balaban J connectivity index is 1.58. The number of halogens is 1. The summed E-state index contributed by atoms with van der Waals surface area (Å²) in [5.74, 6) is 0.00691. The molecule has 0 spiro atoms. The van der Waals surface area contributed by atoms with E-state index in [9.17, 15) is 9.18 Å². The number of amides is 1. The molecular weight excluding hydrogens is 371 g/mol. The van der Waals surface area contributed by atoms with Crippen LogP contribution < -0.4 is 4.74 Å². The monoisotopic (exact) mass is 406 g/mol. The second-order valence-electron chi connectivity index (χ2n) is 7.85. The summed E-state index contributed by atoms with van der Waals surface area (Å²) < 4.78 is 24.3. The Bertz CT molecular complexity index is 615. The molecule has 1 amide bonds. The van der Waals surface area contributed by atoms with Crippen LogP contribution in [0, 0.1) is 5.82 Å². The van der Waals surface area contributed by atoms with Gasteiger partial charge in [0.15, 0.2) is 0 Å². The van der Waals surface area contributed by atoms with E-state index >= 15 is 0 Å². The zero-order valence-electron chi connectivity index (χ0n) is 17.8. The van der Waals surface area contributed by atoms with E-state index in [1.807, 2.05) is 6.08 Å². The second kappa shape index (κ2) is 12.6. The van der Waals surface area contributed by atoms with Gasteiger partial charge in [-0.05, 0) is 82.8 Å². The predicted octanol–water partition coefficient (Wildman–Crippen LogP) is 4.87. The number of likely N-dealkylation sites (N-methyl/N-ethyl adjacent to an activating group) is 1. The van der Waals surface area contributed by atoms with Crippen molar-refractivity contribution in [3.8, 4) is 5.75 Å². The van der Waals surface area contributed by atoms with E-state index in [4.69, 9.17) is 9.47 Å². The molecule has 0 atom stereocenters. The maximum atomic E-state index is 13.0. The third-order valence-corrected chi connectivity index (χ3v) is 5.48. The minimum atomic E-state index is -0.401. The molecule has 0 radical (unpaired) electrons. The molecule has 162 valence electrons. The molecule has 1 aliphatic rings. The lowest BCUT2D eigenvalue weighted by molar-refractivity contribution is 0.0104. The molecule has 0 bridgehead atoms. The normalized spacial score (nSPS) is 19.2. The van der Waals surface area contributed by atoms with E-state index in [1.54, 1.807) is 11.9 Å². The lowest BCUT2D eigenvalue weighted by Gasteiger charge is -2.34. The van der Waals surface area contributed by atoms with Gasteiger partial charge in [0.05, 0.1) is 6.10 Å². The van der Waals surface area contributed by atoms with Crippen molar-refractivity contribution in [3.63, 3.8) is 0 Å². The fourth-order valence-electron chi connectivity index (χ4n) is 3.65. The van der Waals surface area contributed by atoms with Crippen LogP contribution in [0.5, 0.6) is 5.75 Å². The largest absolute Gasteiger partial charge is 0.415 e. The van der Waals surface area contributed by atoms with Gasteiger partial charge in [-0.15, -0.1) is 6.58 Å². The van der Waals surface area contributed by atoms with E-state index in [1.165, 1.54) is 37.1 Å². The van der Waals surface area contributed by atoms with Crippen molar-refractivity contribution in [2.75, 3.05) is 33.8 Å². The van der Waals surface area contributed by atoms with Crippen molar-refractivity contribution in [2.45, 2.75) is 57.1 Å². The van der Waals surface area contributed by atoms with Gasteiger partial charge in [0, 0.05) is 26.2 Å². The number of ether oxygens (including phenoxy) is 2. The summed E-state index contributed by atoms with van der Waals surface area (Å²) in [5, 5.41) is 0. The van der Waals surface area contributed by atoms with Gasteiger partial charge in [-0.25, -0.2) is 9.18 Å². The van der Waals surface area contributed by atoms with E-state index in [-0.39, 0.29) is 18.0 Å². The first-order valence-corrected chi connectivity index (χ1v) is 10.6. The van der Waals surface area contributed by atoms with Crippen LogP contribution in [0.2, 0.25) is 0 Å². The van der Waals surface area contributed by atoms with Gasteiger partial charge in [0.25, 0.3) is 0 Å². The van der Waals surface area contributed by atoms with Crippen LogP contribution >= 0.6 is 0 Å². The van der Waals surface area contributed by atoms with E-state index in [0.29, 0.717) is 5.75 Å². The van der Waals surface area contributed by atoms with E-state index < -0.39 is 6.09 Å². The first kappa shape index (κ1) is 23.4. The Kier molecular flexibility index (Phi) is 10.2. The number of nitrogens with zero attached hydrogens (tertiary/aromatic N) is 2. The van der Waals surface area contributed by atoms with Crippen molar-refractivity contribution >= 4 is 6.09 Å². The van der Waals surface area contributed by atoms with Crippen molar-refractivity contribution in [1.29, 1.82) is 0 Å². The number of rotatable bonds is 11. The fourth-order valence-corrected chi connectivity index (χ4v) is 3.65. The highest BCUT2D eigenvalue weighted by molar-refractivity contribution is 5.70. The summed E-state index contributed by atoms with van der Waals surface area (Å²) >= 11 is 0. The number of carbonyl (C=O) groups excluding carboxylic acids is 1. The average molecular weight is 407 g/mol. The lowest BCUT2D eigenvalue weighted by atomic mass is 9.92. The topological polar surface area (TPSA) is 42.0 Å². The molecule has 0 unspecified atom stereocenters. The third kappa shape index (κ3) is 8.54. The Morgan fingerprint density at radius 2 is 1.83 bits per heavy atom. The van der Waals surface area contributed by atoms with Crippen LogP contribution in [-0.4, -0.2) is 61.8 Å². The quantitative estimate of drug-likeness (QED) is 0.388. The van der Waals surface area contributed by atoms with Crippen molar-refractivity contribution in [2.24, 2.45) is 0 Å². The summed E-state index contributed by atoms with van der Waals surface area (Å²) in [6.07, 6.45) is 9.00. The molecule has 0 heterocycles. The number of benzene rings is 1. The standard InChI is InChI=1S/C23H35FN2O3/c1-4-16-25(2)17-6-5-7-18-28-21-14-10-20(11-15-21)26(3)23(27)29-22-12-8-19(24)9-13-22/h4,8-9,12-13,20-21H,1,5-7,10-11,14-18H2,2-3H3. The average Bonchev–Trinajstić information content (AvgIpc) is 2.72. The molecule has 1 aromatic rings. The van der Waals surface area contributed by atoms with Crippen LogP contribution in [0.4, 0.5) is 9.18 Å². The molecular formula is C23H35FN2O3. The van der Waals surface area contributed by atoms with Gasteiger partial charge in [0.1, 0.15) is 11.6 Å². The molecule has 1 fully saturated rings. The summed E-state index contributed by atoms with van der Waals surface area (Å²) in [6.45, 7) is 6.59. The Labute approximate surface area is 174 Å². The molecule has 1 saturated carbocycles. The Morgan fingerprint density at radius 1 is 1.14 bits per heavy atom. The fraction of sp³-hybridized carbons (Fsp3) is 0.609. The minimum Gasteiger partial charge on any atom is -0.410 e. The zero-order chi connectivity index (χ0) is 21.1. The molecule has 0 aliphatic heterocycles. The van der Waals surface area contributed by atoms with Crippen LogP contribution in [0.25, 0.3) is 0 Å². The van der Waals surface area contributed by atoms with Gasteiger partial charge in [-0.3, -0.25) is 0 Å². The Morgan fingerprint density at radius 3 is 2.48 bits per heavy atom. The van der Waals surface area contributed by atoms with E-state index in [2.05, 4.69) is 18.5 Å². The van der Waals surface area contributed by atoms with Gasteiger partial charge in [-0.2, -0.15) is 0 Å². The van der Waals surface area contributed by atoms with Crippen LogP contribution in [0.3, 0.4) is 0 Å². The molecule has 2 rings (SSSR count).